The SMILES string of the molecule is Cc1ccccc1NC(=NCc1ccncc1)NC(=O)c1ccc(Cl)cc1. The van der Waals surface area contributed by atoms with Gasteiger partial charge in [0.1, 0.15) is 0 Å². The zero-order valence-corrected chi connectivity index (χ0v) is 15.6. The summed E-state index contributed by atoms with van der Waals surface area (Å²) in [7, 11) is 0. The maximum atomic E-state index is 12.6. The number of carbonyl (C=O) groups is 1. The lowest BCUT2D eigenvalue weighted by Gasteiger charge is -2.13. The number of guanidine groups is 1. The molecule has 3 rings (SSSR count). The van der Waals surface area contributed by atoms with Gasteiger partial charge < -0.3 is 5.32 Å². The number of amides is 1. The van der Waals surface area contributed by atoms with Gasteiger partial charge in [0, 0.05) is 28.7 Å². The summed E-state index contributed by atoms with van der Waals surface area (Å²) in [4.78, 5) is 21.1. The standard InChI is InChI=1S/C21H19ClN4O/c1-15-4-2-3-5-19(15)25-21(24-14-16-10-12-23-13-11-16)26-20(27)17-6-8-18(22)9-7-17/h2-13H,14H2,1H3,(H2,24,25,26,27). The Bertz CT molecular complexity index is 940. The third-order valence-corrected chi connectivity index (χ3v) is 4.16. The van der Waals surface area contributed by atoms with Gasteiger partial charge in [-0.05, 0) is 60.5 Å². The van der Waals surface area contributed by atoms with Crippen LogP contribution in [0.25, 0.3) is 0 Å². The summed E-state index contributed by atoms with van der Waals surface area (Å²) in [6.07, 6.45) is 3.43. The summed E-state index contributed by atoms with van der Waals surface area (Å²) in [6, 6.07) is 18.3. The molecule has 0 atom stereocenters. The van der Waals surface area contributed by atoms with E-state index in [1.807, 2.05) is 43.3 Å². The molecular weight excluding hydrogens is 360 g/mol. The minimum atomic E-state index is -0.263. The molecule has 3 aromatic rings. The molecule has 136 valence electrons. The lowest BCUT2D eigenvalue weighted by molar-refractivity contribution is 0.0977. The Hall–Kier alpha value is -3.18. The van der Waals surface area contributed by atoms with Crippen LogP contribution in [0.4, 0.5) is 5.69 Å². The topological polar surface area (TPSA) is 66.4 Å². The average molecular weight is 379 g/mol. The van der Waals surface area contributed by atoms with E-state index in [1.165, 1.54) is 0 Å². The first-order valence-corrected chi connectivity index (χ1v) is 8.82. The number of rotatable bonds is 4. The van der Waals surface area contributed by atoms with Gasteiger partial charge in [-0.2, -0.15) is 0 Å². The lowest BCUT2D eigenvalue weighted by Crippen LogP contribution is -2.36. The van der Waals surface area contributed by atoms with Gasteiger partial charge >= 0.3 is 0 Å². The van der Waals surface area contributed by atoms with Gasteiger partial charge in [0.05, 0.1) is 6.54 Å². The van der Waals surface area contributed by atoms with Crippen LogP contribution in [0.3, 0.4) is 0 Å². The minimum absolute atomic E-state index is 0.263. The number of aryl methyl sites for hydroxylation is 1. The number of aliphatic imine (C=N–C) groups is 1. The highest BCUT2D eigenvalue weighted by molar-refractivity contribution is 6.30. The van der Waals surface area contributed by atoms with Crippen molar-refractivity contribution in [3.05, 3.63) is 94.8 Å². The van der Waals surface area contributed by atoms with E-state index in [2.05, 4.69) is 20.6 Å². The molecule has 0 fully saturated rings. The Morgan fingerprint density at radius 2 is 1.74 bits per heavy atom. The van der Waals surface area contributed by atoms with Crippen molar-refractivity contribution in [2.24, 2.45) is 4.99 Å². The number of aromatic nitrogens is 1. The Kier molecular flexibility index (Phi) is 6.18. The first-order chi connectivity index (χ1) is 13.1. The third-order valence-electron chi connectivity index (χ3n) is 3.91. The summed E-state index contributed by atoms with van der Waals surface area (Å²) >= 11 is 5.89. The van der Waals surface area contributed by atoms with E-state index in [0.717, 1.165) is 16.8 Å². The van der Waals surface area contributed by atoms with Gasteiger partial charge in [-0.15, -0.1) is 0 Å². The summed E-state index contributed by atoms with van der Waals surface area (Å²) in [6.45, 7) is 2.40. The number of carbonyl (C=O) groups excluding carboxylic acids is 1. The first kappa shape index (κ1) is 18.6. The van der Waals surface area contributed by atoms with Crippen molar-refractivity contribution in [2.75, 3.05) is 5.32 Å². The molecule has 2 aromatic carbocycles. The smallest absolute Gasteiger partial charge is 0.257 e. The minimum Gasteiger partial charge on any atom is -0.326 e. The predicted octanol–water partition coefficient (Wildman–Crippen LogP) is 4.44. The van der Waals surface area contributed by atoms with Gasteiger partial charge in [0.25, 0.3) is 5.91 Å². The summed E-state index contributed by atoms with van der Waals surface area (Å²) < 4.78 is 0. The van der Waals surface area contributed by atoms with Crippen molar-refractivity contribution < 1.29 is 4.79 Å². The Morgan fingerprint density at radius 3 is 2.44 bits per heavy atom. The fourth-order valence-corrected chi connectivity index (χ4v) is 2.52. The molecule has 6 heteroatoms. The molecule has 27 heavy (non-hydrogen) atoms. The van der Waals surface area contributed by atoms with Gasteiger partial charge in [0.2, 0.25) is 5.96 Å². The molecule has 1 aromatic heterocycles. The molecule has 0 aliphatic rings. The highest BCUT2D eigenvalue weighted by atomic mass is 35.5. The maximum Gasteiger partial charge on any atom is 0.257 e. The second-order valence-electron chi connectivity index (χ2n) is 5.92. The van der Waals surface area contributed by atoms with Gasteiger partial charge in [-0.3, -0.25) is 15.1 Å². The predicted molar refractivity (Wildman–Crippen MR) is 109 cm³/mol. The molecule has 0 aliphatic carbocycles. The van der Waals surface area contributed by atoms with Crippen LogP contribution in [0, 0.1) is 6.92 Å². The number of nitrogens with one attached hydrogen (secondary N) is 2. The molecule has 0 unspecified atom stereocenters. The average Bonchev–Trinajstić information content (AvgIpc) is 2.69. The highest BCUT2D eigenvalue weighted by Gasteiger charge is 2.10. The number of nitrogens with zero attached hydrogens (tertiary/aromatic N) is 2. The van der Waals surface area contributed by atoms with E-state index in [1.54, 1.807) is 36.7 Å². The molecule has 2 N–H and O–H groups in total. The van der Waals surface area contributed by atoms with Crippen LogP contribution in [-0.2, 0) is 6.54 Å². The van der Waals surface area contributed by atoms with Crippen molar-refractivity contribution in [3.8, 4) is 0 Å². The number of para-hydroxylation sites is 1. The molecule has 1 amide bonds. The normalized spacial score (nSPS) is 11.1. The van der Waals surface area contributed by atoms with Crippen molar-refractivity contribution in [1.29, 1.82) is 0 Å². The Labute approximate surface area is 163 Å². The number of hydrogen-bond donors (Lipinski definition) is 2. The molecule has 0 saturated carbocycles. The van der Waals surface area contributed by atoms with Crippen molar-refractivity contribution in [2.45, 2.75) is 13.5 Å². The van der Waals surface area contributed by atoms with E-state index < -0.39 is 0 Å². The molecule has 0 spiro atoms. The maximum absolute atomic E-state index is 12.6. The summed E-state index contributed by atoms with van der Waals surface area (Å²) in [5.74, 6) is 0.113. The Morgan fingerprint density at radius 1 is 1.04 bits per heavy atom. The molecule has 5 nitrogen and oxygen atoms in total. The zero-order valence-electron chi connectivity index (χ0n) is 14.8. The van der Waals surface area contributed by atoms with Crippen LogP contribution >= 0.6 is 11.6 Å². The highest BCUT2D eigenvalue weighted by Crippen LogP contribution is 2.14. The fourth-order valence-electron chi connectivity index (χ4n) is 2.39. The summed E-state index contributed by atoms with van der Waals surface area (Å²) in [5, 5.41) is 6.63. The van der Waals surface area contributed by atoms with E-state index in [0.29, 0.717) is 23.1 Å². The van der Waals surface area contributed by atoms with E-state index in [9.17, 15) is 4.79 Å². The number of anilines is 1. The molecule has 1 heterocycles. The third kappa shape index (κ3) is 5.39. The fraction of sp³-hybridized carbons (Fsp3) is 0.0952. The van der Waals surface area contributed by atoms with Gasteiger partial charge in [-0.1, -0.05) is 29.8 Å². The van der Waals surface area contributed by atoms with Gasteiger partial charge in [0.15, 0.2) is 0 Å². The molecular formula is C21H19ClN4O. The van der Waals surface area contributed by atoms with Crippen LogP contribution in [0.2, 0.25) is 5.02 Å². The second kappa shape index (κ2) is 8.96. The van der Waals surface area contributed by atoms with Crippen LogP contribution in [-0.4, -0.2) is 16.9 Å². The van der Waals surface area contributed by atoms with E-state index in [-0.39, 0.29) is 5.91 Å². The monoisotopic (exact) mass is 378 g/mol. The van der Waals surface area contributed by atoms with Crippen molar-refractivity contribution >= 4 is 29.2 Å². The van der Waals surface area contributed by atoms with E-state index in [4.69, 9.17) is 11.6 Å². The Balaban J connectivity index is 1.81. The quantitative estimate of drug-likeness (QED) is 0.521. The number of benzene rings is 2. The number of halogens is 1. The van der Waals surface area contributed by atoms with E-state index >= 15 is 0 Å². The lowest BCUT2D eigenvalue weighted by atomic mass is 10.2. The number of pyridine rings is 1. The molecule has 0 saturated heterocycles. The van der Waals surface area contributed by atoms with Gasteiger partial charge in [-0.25, -0.2) is 4.99 Å². The second-order valence-corrected chi connectivity index (χ2v) is 6.36. The molecule has 0 bridgehead atoms. The summed E-state index contributed by atoms with van der Waals surface area (Å²) in [5.41, 5.74) is 3.43. The molecule has 0 aliphatic heterocycles. The van der Waals surface area contributed by atoms with Crippen LogP contribution in [0.15, 0.2) is 78.0 Å². The molecule has 0 radical (unpaired) electrons. The van der Waals surface area contributed by atoms with Crippen molar-refractivity contribution in [1.82, 2.24) is 10.3 Å². The first-order valence-electron chi connectivity index (χ1n) is 8.45. The van der Waals surface area contributed by atoms with Crippen molar-refractivity contribution in [3.63, 3.8) is 0 Å². The zero-order chi connectivity index (χ0) is 19.1. The largest absolute Gasteiger partial charge is 0.326 e. The van der Waals surface area contributed by atoms with Crippen LogP contribution < -0.4 is 10.6 Å². The van der Waals surface area contributed by atoms with Crippen LogP contribution in [0.1, 0.15) is 21.5 Å². The van der Waals surface area contributed by atoms with Crippen LogP contribution in [0.5, 0.6) is 0 Å². The number of hydrogen-bond acceptors (Lipinski definition) is 3.